The molecule has 0 bridgehead atoms. The first-order valence-electron chi connectivity index (χ1n) is 7.59. The molecule has 0 radical (unpaired) electrons. The summed E-state index contributed by atoms with van der Waals surface area (Å²) in [6.45, 7) is 4.75. The molecule has 0 aromatic heterocycles. The van der Waals surface area contributed by atoms with E-state index in [0.717, 1.165) is 31.6 Å². The highest BCUT2D eigenvalue weighted by Crippen LogP contribution is 2.27. The van der Waals surface area contributed by atoms with Crippen LogP contribution in [0.15, 0.2) is 23.8 Å². The SMILES string of the molecule is CC1(C)OC(=O)C(=Cc2ccc(N3CCCC3)cc2F)C(=O)O1. The van der Waals surface area contributed by atoms with Crippen LogP contribution in [0.5, 0.6) is 0 Å². The number of ether oxygens (including phenoxy) is 2. The Kier molecular flexibility index (Phi) is 3.83. The Morgan fingerprint density at radius 2 is 1.74 bits per heavy atom. The van der Waals surface area contributed by atoms with Crippen molar-refractivity contribution in [2.45, 2.75) is 32.5 Å². The molecule has 122 valence electrons. The van der Waals surface area contributed by atoms with Crippen LogP contribution in [0.4, 0.5) is 10.1 Å². The van der Waals surface area contributed by atoms with Crippen molar-refractivity contribution in [3.8, 4) is 0 Å². The zero-order valence-corrected chi connectivity index (χ0v) is 13.1. The van der Waals surface area contributed by atoms with Crippen molar-refractivity contribution in [3.05, 3.63) is 35.2 Å². The number of carbonyl (C=O) groups excluding carboxylic acids is 2. The molecule has 6 heteroatoms. The van der Waals surface area contributed by atoms with Crippen molar-refractivity contribution >= 4 is 23.7 Å². The van der Waals surface area contributed by atoms with E-state index in [1.807, 2.05) is 0 Å². The smallest absolute Gasteiger partial charge is 0.348 e. The molecule has 2 saturated heterocycles. The lowest BCUT2D eigenvalue weighted by Crippen LogP contribution is -2.41. The lowest BCUT2D eigenvalue weighted by Gasteiger charge is -2.29. The fraction of sp³-hybridized carbons (Fsp3) is 0.412. The second-order valence-electron chi connectivity index (χ2n) is 6.14. The average Bonchev–Trinajstić information content (AvgIpc) is 2.97. The molecule has 2 aliphatic rings. The molecule has 0 N–H and O–H groups in total. The number of rotatable bonds is 2. The standard InChI is InChI=1S/C17H18FNO4/c1-17(2)22-15(20)13(16(21)23-17)9-11-5-6-12(10-14(11)18)19-7-3-4-8-19/h5-6,9-10H,3-4,7-8H2,1-2H3. The number of halogens is 1. The van der Waals surface area contributed by atoms with Gasteiger partial charge in [0.2, 0.25) is 0 Å². The summed E-state index contributed by atoms with van der Waals surface area (Å²) in [5.41, 5.74) is 0.644. The minimum atomic E-state index is -1.30. The number of nitrogens with zero attached hydrogens (tertiary/aromatic N) is 1. The van der Waals surface area contributed by atoms with Crippen LogP contribution < -0.4 is 4.90 Å². The molecule has 5 nitrogen and oxygen atoms in total. The largest absolute Gasteiger partial charge is 0.419 e. The molecular formula is C17H18FNO4. The molecule has 0 aliphatic carbocycles. The van der Waals surface area contributed by atoms with Gasteiger partial charge in [-0.3, -0.25) is 0 Å². The van der Waals surface area contributed by atoms with E-state index in [-0.39, 0.29) is 11.1 Å². The highest BCUT2D eigenvalue weighted by molar-refractivity contribution is 6.18. The third-order valence-corrected chi connectivity index (χ3v) is 3.87. The van der Waals surface area contributed by atoms with Crippen LogP contribution in [0.1, 0.15) is 32.3 Å². The first kappa shape index (κ1) is 15.5. The highest BCUT2D eigenvalue weighted by Gasteiger charge is 2.39. The molecule has 1 aromatic rings. The van der Waals surface area contributed by atoms with Crippen LogP contribution in [0.25, 0.3) is 6.08 Å². The molecule has 2 aliphatic heterocycles. The fourth-order valence-corrected chi connectivity index (χ4v) is 2.74. The van der Waals surface area contributed by atoms with E-state index in [2.05, 4.69) is 4.90 Å². The predicted octanol–water partition coefficient (Wildman–Crippen LogP) is 2.65. The van der Waals surface area contributed by atoms with Crippen LogP contribution in [-0.2, 0) is 19.1 Å². The molecule has 23 heavy (non-hydrogen) atoms. The van der Waals surface area contributed by atoms with Gasteiger partial charge in [0.05, 0.1) is 0 Å². The topological polar surface area (TPSA) is 55.8 Å². The van der Waals surface area contributed by atoms with Crippen molar-refractivity contribution < 1.29 is 23.5 Å². The normalized spacial score (nSPS) is 20.3. The van der Waals surface area contributed by atoms with Gasteiger partial charge in [-0.15, -0.1) is 0 Å². The second kappa shape index (κ2) is 5.68. The zero-order valence-electron chi connectivity index (χ0n) is 13.1. The van der Waals surface area contributed by atoms with Crippen LogP contribution >= 0.6 is 0 Å². The molecule has 0 unspecified atom stereocenters. The lowest BCUT2D eigenvalue weighted by atomic mass is 10.1. The summed E-state index contributed by atoms with van der Waals surface area (Å²) in [6.07, 6.45) is 3.37. The van der Waals surface area contributed by atoms with Gasteiger partial charge in [0.1, 0.15) is 11.4 Å². The highest BCUT2D eigenvalue weighted by atomic mass is 19.1. The third kappa shape index (κ3) is 3.21. The van der Waals surface area contributed by atoms with Crippen LogP contribution in [0.3, 0.4) is 0 Å². The maximum Gasteiger partial charge on any atom is 0.348 e. The van der Waals surface area contributed by atoms with Gasteiger partial charge in [-0.2, -0.15) is 0 Å². The van der Waals surface area contributed by atoms with Gasteiger partial charge in [0.25, 0.3) is 5.79 Å². The maximum atomic E-state index is 14.3. The van der Waals surface area contributed by atoms with E-state index >= 15 is 0 Å². The number of hydrogen-bond acceptors (Lipinski definition) is 5. The summed E-state index contributed by atoms with van der Waals surface area (Å²) in [5, 5.41) is 0. The van der Waals surface area contributed by atoms with E-state index < -0.39 is 23.5 Å². The van der Waals surface area contributed by atoms with Crippen molar-refractivity contribution in [2.75, 3.05) is 18.0 Å². The summed E-state index contributed by atoms with van der Waals surface area (Å²) in [4.78, 5) is 25.9. The third-order valence-electron chi connectivity index (χ3n) is 3.87. The summed E-state index contributed by atoms with van der Waals surface area (Å²) < 4.78 is 24.3. The monoisotopic (exact) mass is 319 g/mol. The Labute approximate surface area is 133 Å². The van der Waals surface area contributed by atoms with Gasteiger partial charge in [0, 0.05) is 38.2 Å². The molecule has 0 amide bonds. The van der Waals surface area contributed by atoms with E-state index in [0.29, 0.717) is 0 Å². The lowest BCUT2D eigenvalue weighted by molar-refractivity contribution is -0.222. The fourth-order valence-electron chi connectivity index (χ4n) is 2.74. The quantitative estimate of drug-likeness (QED) is 0.476. The molecule has 0 atom stereocenters. The van der Waals surface area contributed by atoms with E-state index in [1.54, 1.807) is 12.1 Å². The van der Waals surface area contributed by atoms with Crippen molar-refractivity contribution in [3.63, 3.8) is 0 Å². The van der Waals surface area contributed by atoms with Crippen molar-refractivity contribution in [1.29, 1.82) is 0 Å². The van der Waals surface area contributed by atoms with E-state index in [1.165, 1.54) is 26.0 Å². The van der Waals surface area contributed by atoms with Gasteiger partial charge in [-0.25, -0.2) is 14.0 Å². The Morgan fingerprint density at radius 3 is 2.30 bits per heavy atom. The molecule has 1 aromatic carbocycles. The van der Waals surface area contributed by atoms with Crippen molar-refractivity contribution in [1.82, 2.24) is 0 Å². The molecule has 3 rings (SSSR count). The number of cyclic esters (lactones) is 2. The molecule has 0 spiro atoms. The molecule has 2 heterocycles. The van der Waals surface area contributed by atoms with Crippen LogP contribution in [0.2, 0.25) is 0 Å². The summed E-state index contributed by atoms with van der Waals surface area (Å²) in [7, 11) is 0. The average molecular weight is 319 g/mol. The summed E-state index contributed by atoms with van der Waals surface area (Å²) >= 11 is 0. The Balaban J connectivity index is 1.87. The van der Waals surface area contributed by atoms with Gasteiger partial charge in [0.15, 0.2) is 0 Å². The zero-order chi connectivity index (χ0) is 16.6. The molecular weight excluding hydrogens is 301 g/mol. The molecule has 0 saturated carbocycles. The van der Waals surface area contributed by atoms with Crippen LogP contribution in [0, 0.1) is 5.82 Å². The number of anilines is 1. The van der Waals surface area contributed by atoms with E-state index in [4.69, 9.17) is 9.47 Å². The summed E-state index contributed by atoms with van der Waals surface area (Å²) in [5.74, 6) is -3.42. The van der Waals surface area contributed by atoms with Crippen molar-refractivity contribution in [2.24, 2.45) is 0 Å². The minimum absolute atomic E-state index is 0.150. The second-order valence-corrected chi connectivity index (χ2v) is 6.14. The van der Waals surface area contributed by atoms with Gasteiger partial charge in [-0.05, 0) is 37.1 Å². The number of carbonyl (C=O) groups is 2. The maximum absolute atomic E-state index is 14.3. The predicted molar refractivity (Wildman–Crippen MR) is 82.1 cm³/mol. The Bertz CT molecular complexity index is 668. The Morgan fingerprint density at radius 1 is 1.13 bits per heavy atom. The minimum Gasteiger partial charge on any atom is -0.419 e. The number of hydrogen-bond donors (Lipinski definition) is 0. The summed E-state index contributed by atoms with van der Waals surface area (Å²) in [6, 6.07) is 4.75. The number of esters is 2. The molecule has 2 fully saturated rings. The van der Waals surface area contributed by atoms with E-state index in [9.17, 15) is 14.0 Å². The first-order valence-corrected chi connectivity index (χ1v) is 7.59. The first-order chi connectivity index (χ1) is 10.9. The van der Waals surface area contributed by atoms with Gasteiger partial charge >= 0.3 is 11.9 Å². The van der Waals surface area contributed by atoms with Gasteiger partial charge < -0.3 is 14.4 Å². The van der Waals surface area contributed by atoms with Crippen LogP contribution in [-0.4, -0.2) is 30.8 Å². The van der Waals surface area contributed by atoms with Gasteiger partial charge in [-0.1, -0.05) is 0 Å². The number of benzene rings is 1. The Hall–Kier alpha value is -2.37.